The van der Waals surface area contributed by atoms with Crippen molar-refractivity contribution in [2.75, 3.05) is 26.9 Å². The molecule has 2 aromatic rings. The summed E-state index contributed by atoms with van der Waals surface area (Å²) in [5.41, 5.74) is 3.18. The Kier molecular flexibility index (Phi) is 8.94. The van der Waals surface area contributed by atoms with E-state index >= 15 is 0 Å². The van der Waals surface area contributed by atoms with Crippen molar-refractivity contribution in [1.82, 2.24) is 10.2 Å². The maximum atomic E-state index is 13.3. The minimum Gasteiger partial charge on any atom is -0.394 e. The largest absolute Gasteiger partial charge is 0.394 e. The van der Waals surface area contributed by atoms with Crippen molar-refractivity contribution in [1.29, 1.82) is 0 Å². The molecule has 2 aliphatic carbocycles. The van der Waals surface area contributed by atoms with Crippen LogP contribution < -0.4 is 5.32 Å². The Hall–Kier alpha value is -2.70. The number of ether oxygens (including phenoxy) is 1. The molecule has 0 spiro atoms. The summed E-state index contributed by atoms with van der Waals surface area (Å²) in [7, 11) is 1.66. The fourth-order valence-electron chi connectivity index (χ4n) is 5.19. The summed E-state index contributed by atoms with van der Waals surface area (Å²) in [6.07, 6.45) is 5.97. The summed E-state index contributed by atoms with van der Waals surface area (Å²) in [5.74, 6) is 0.480. The van der Waals surface area contributed by atoms with Crippen molar-refractivity contribution in [3.63, 3.8) is 0 Å². The van der Waals surface area contributed by atoms with Gasteiger partial charge in [-0.25, -0.2) is 0 Å². The number of methoxy groups -OCH3 is 1. The molecule has 2 aromatic carbocycles. The molecule has 0 aliphatic heterocycles. The first-order chi connectivity index (χ1) is 17.1. The van der Waals surface area contributed by atoms with Gasteiger partial charge in [0.05, 0.1) is 19.3 Å². The maximum Gasteiger partial charge on any atom is 0.226 e. The van der Waals surface area contributed by atoms with Gasteiger partial charge < -0.3 is 20.1 Å². The summed E-state index contributed by atoms with van der Waals surface area (Å²) in [5, 5.41) is 13.0. The number of carbonyl (C=O) groups is 2. The molecular formula is C29H38N2O4. The van der Waals surface area contributed by atoms with Crippen LogP contribution >= 0.6 is 0 Å². The predicted molar refractivity (Wildman–Crippen MR) is 136 cm³/mol. The average molecular weight is 479 g/mol. The minimum absolute atomic E-state index is 0.0162. The SMILES string of the molecule is COCCN(Cc1ccc(C2CCCCC2C(=O)NC(CO)c2ccccc2)cc1)C(=O)C1CC1. The van der Waals surface area contributed by atoms with Crippen molar-refractivity contribution in [3.05, 3.63) is 71.3 Å². The van der Waals surface area contributed by atoms with E-state index < -0.39 is 6.04 Å². The molecule has 2 N–H and O–H groups in total. The van der Waals surface area contributed by atoms with Crippen LogP contribution in [0, 0.1) is 11.8 Å². The zero-order valence-electron chi connectivity index (χ0n) is 20.7. The van der Waals surface area contributed by atoms with Crippen LogP contribution in [-0.2, 0) is 20.9 Å². The first-order valence-corrected chi connectivity index (χ1v) is 12.9. The number of nitrogens with zero attached hydrogens (tertiary/aromatic N) is 1. The van der Waals surface area contributed by atoms with E-state index in [2.05, 4.69) is 29.6 Å². The van der Waals surface area contributed by atoms with Gasteiger partial charge in [0.25, 0.3) is 0 Å². The summed E-state index contributed by atoms with van der Waals surface area (Å²) < 4.78 is 5.21. The van der Waals surface area contributed by atoms with Gasteiger partial charge in [-0.05, 0) is 48.3 Å². The molecule has 6 heteroatoms. The zero-order chi connectivity index (χ0) is 24.6. The Morgan fingerprint density at radius 3 is 2.40 bits per heavy atom. The van der Waals surface area contributed by atoms with Crippen molar-refractivity contribution >= 4 is 11.8 Å². The van der Waals surface area contributed by atoms with Crippen LogP contribution in [0.25, 0.3) is 0 Å². The first-order valence-electron chi connectivity index (χ1n) is 12.9. The van der Waals surface area contributed by atoms with Crippen LogP contribution in [0.15, 0.2) is 54.6 Å². The Labute approximate surface area is 208 Å². The number of rotatable bonds is 11. The zero-order valence-corrected chi connectivity index (χ0v) is 20.7. The van der Waals surface area contributed by atoms with Crippen LogP contribution in [-0.4, -0.2) is 48.7 Å². The lowest BCUT2D eigenvalue weighted by atomic mass is 9.74. The number of aliphatic hydroxyl groups excluding tert-OH is 1. The highest BCUT2D eigenvalue weighted by Gasteiger charge is 2.34. The number of nitrogens with one attached hydrogen (secondary N) is 1. The Bertz CT molecular complexity index is 958. The molecule has 2 aliphatic rings. The number of amides is 2. The number of hydrogen-bond donors (Lipinski definition) is 2. The van der Waals surface area contributed by atoms with Gasteiger partial charge in [-0.1, -0.05) is 67.4 Å². The Morgan fingerprint density at radius 1 is 1.03 bits per heavy atom. The second-order valence-corrected chi connectivity index (χ2v) is 9.92. The van der Waals surface area contributed by atoms with Crippen molar-refractivity contribution in [2.24, 2.45) is 11.8 Å². The van der Waals surface area contributed by atoms with Crippen molar-refractivity contribution in [2.45, 2.75) is 57.0 Å². The molecule has 0 heterocycles. The van der Waals surface area contributed by atoms with E-state index in [9.17, 15) is 14.7 Å². The molecule has 2 fully saturated rings. The first kappa shape index (κ1) is 25.4. The van der Waals surface area contributed by atoms with Gasteiger partial charge >= 0.3 is 0 Å². The van der Waals surface area contributed by atoms with Crippen molar-refractivity contribution < 1.29 is 19.4 Å². The van der Waals surface area contributed by atoms with Gasteiger partial charge in [-0.2, -0.15) is 0 Å². The van der Waals surface area contributed by atoms with Gasteiger partial charge in [-0.3, -0.25) is 9.59 Å². The normalized spacial score (nSPS) is 20.7. The highest BCUT2D eigenvalue weighted by Crippen LogP contribution is 2.38. The van der Waals surface area contributed by atoms with Gasteiger partial charge in [-0.15, -0.1) is 0 Å². The van der Waals surface area contributed by atoms with E-state index in [1.54, 1.807) is 7.11 Å². The topological polar surface area (TPSA) is 78.9 Å². The van der Waals surface area contributed by atoms with E-state index in [-0.39, 0.29) is 36.2 Å². The summed E-state index contributed by atoms with van der Waals surface area (Å²) >= 11 is 0. The van der Waals surface area contributed by atoms with Crippen molar-refractivity contribution in [3.8, 4) is 0 Å². The minimum atomic E-state index is -0.393. The molecular weight excluding hydrogens is 440 g/mol. The molecule has 6 nitrogen and oxygen atoms in total. The second-order valence-electron chi connectivity index (χ2n) is 9.92. The lowest BCUT2D eigenvalue weighted by Crippen LogP contribution is -2.39. The van der Waals surface area contributed by atoms with E-state index in [1.807, 2.05) is 35.2 Å². The third-order valence-electron chi connectivity index (χ3n) is 7.39. The van der Waals surface area contributed by atoms with Gasteiger partial charge in [0.1, 0.15) is 0 Å². The molecule has 0 radical (unpaired) electrons. The van der Waals surface area contributed by atoms with Gasteiger partial charge in [0.15, 0.2) is 0 Å². The third kappa shape index (κ3) is 6.71. The molecule has 0 aromatic heterocycles. The quantitative estimate of drug-likeness (QED) is 0.508. The number of carbonyl (C=O) groups excluding carboxylic acids is 2. The smallest absolute Gasteiger partial charge is 0.226 e. The molecule has 3 atom stereocenters. The van der Waals surface area contributed by atoms with Crippen LogP contribution in [0.1, 0.15) is 67.2 Å². The molecule has 3 unspecified atom stereocenters. The number of benzene rings is 2. The predicted octanol–water partition coefficient (Wildman–Crippen LogP) is 4.20. The standard InChI is InChI=1S/C29H38N2O4/c1-35-18-17-31(29(34)24-15-16-24)19-21-11-13-22(14-12-21)25-9-5-6-10-26(25)28(33)30-27(20-32)23-7-3-2-4-8-23/h2-4,7-8,11-14,24-27,32H,5-6,9-10,15-20H2,1H3,(H,30,33). The van der Waals surface area contributed by atoms with Crippen LogP contribution in [0.3, 0.4) is 0 Å². The monoisotopic (exact) mass is 478 g/mol. The van der Waals surface area contributed by atoms with Gasteiger partial charge in [0, 0.05) is 32.0 Å². The van der Waals surface area contributed by atoms with E-state index in [1.165, 1.54) is 5.56 Å². The number of aliphatic hydroxyl groups is 1. The Morgan fingerprint density at radius 2 is 1.74 bits per heavy atom. The molecule has 2 amide bonds. The maximum absolute atomic E-state index is 13.3. The van der Waals surface area contributed by atoms with E-state index in [4.69, 9.17) is 4.74 Å². The van der Waals surface area contributed by atoms with E-state index in [0.717, 1.165) is 49.7 Å². The summed E-state index contributed by atoms with van der Waals surface area (Å²) in [6, 6.07) is 17.7. The lowest BCUT2D eigenvalue weighted by molar-refractivity contribution is -0.133. The van der Waals surface area contributed by atoms with Gasteiger partial charge in [0.2, 0.25) is 11.8 Å². The summed E-state index contributed by atoms with van der Waals surface area (Å²) in [6.45, 7) is 1.60. The Balaban J connectivity index is 1.42. The molecule has 2 saturated carbocycles. The van der Waals surface area contributed by atoms with E-state index in [0.29, 0.717) is 19.7 Å². The highest BCUT2D eigenvalue weighted by atomic mass is 16.5. The molecule has 35 heavy (non-hydrogen) atoms. The third-order valence-corrected chi connectivity index (χ3v) is 7.39. The number of hydrogen-bond acceptors (Lipinski definition) is 4. The molecule has 0 saturated heterocycles. The molecule has 0 bridgehead atoms. The van der Waals surface area contributed by atoms with Crippen LogP contribution in [0.4, 0.5) is 0 Å². The van der Waals surface area contributed by atoms with Crippen LogP contribution in [0.2, 0.25) is 0 Å². The summed E-state index contributed by atoms with van der Waals surface area (Å²) in [4.78, 5) is 27.9. The fraction of sp³-hybridized carbons (Fsp3) is 0.517. The average Bonchev–Trinajstić information content (AvgIpc) is 3.76. The molecule has 188 valence electrons. The van der Waals surface area contributed by atoms with Crippen LogP contribution in [0.5, 0.6) is 0 Å². The lowest BCUT2D eigenvalue weighted by Gasteiger charge is -2.32. The molecule has 4 rings (SSSR count). The second kappa shape index (κ2) is 12.3. The fourth-order valence-corrected chi connectivity index (χ4v) is 5.19. The highest BCUT2D eigenvalue weighted by molar-refractivity contribution is 5.81.